The SMILES string of the molecule is CCCc1nc(CC)c(C(=O)CCN(C(=O)c2ccccc2)c2ccccc2)n1Cc1ccc(-c2ccccc2S(=O)(=O)NC(=O)OCCC(C)C)cc1F. The molecule has 0 aliphatic carbocycles. The molecular weight excluding hydrogens is 720 g/mol. The molecule has 0 bridgehead atoms. The van der Waals surface area contributed by atoms with Gasteiger partial charge in [0.05, 0.1) is 23.7 Å². The largest absolute Gasteiger partial charge is 0.449 e. The number of ether oxygens (including phenoxy) is 1. The highest BCUT2D eigenvalue weighted by atomic mass is 32.2. The average molecular weight is 767 g/mol. The number of carbonyl (C=O) groups is 3. The average Bonchev–Trinajstić information content (AvgIpc) is 3.52. The Kier molecular flexibility index (Phi) is 13.7. The zero-order chi connectivity index (χ0) is 39.5. The molecule has 0 saturated heterocycles. The smallest absolute Gasteiger partial charge is 0.421 e. The number of carbonyl (C=O) groups excluding carboxylic acids is 3. The van der Waals surface area contributed by atoms with Crippen molar-refractivity contribution < 1.29 is 31.9 Å². The summed E-state index contributed by atoms with van der Waals surface area (Å²) >= 11 is 0. The number of para-hydroxylation sites is 1. The molecular formula is C43H47FN4O6S. The highest BCUT2D eigenvalue weighted by Crippen LogP contribution is 2.30. The number of nitrogens with one attached hydrogen (secondary N) is 1. The Bertz CT molecular complexity index is 2220. The number of rotatable bonds is 17. The summed E-state index contributed by atoms with van der Waals surface area (Å²) < 4.78 is 51.4. The number of amides is 2. The van der Waals surface area contributed by atoms with E-state index < -0.39 is 21.9 Å². The fourth-order valence-electron chi connectivity index (χ4n) is 6.26. The first-order valence-corrected chi connectivity index (χ1v) is 20.0. The summed E-state index contributed by atoms with van der Waals surface area (Å²) in [5.74, 6) is -0.149. The Morgan fingerprint density at radius 3 is 2.24 bits per heavy atom. The van der Waals surface area contributed by atoms with Crippen molar-refractivity contribution in [2.75, 3.05) is 18.1 Å². The first-order valence-electron chi connectivity index (χ1n) is 18.5. The van der Waals surface area contributed by atoms with Gasteiger partial charge in [0, 0.05) is 41.8 Å². The molecule has 55 heavy (non-hydrogen) atoms. The molecule has 0 radical (unpaired) electrons. The van der Waals surface area contributed by atoms with Crippen LogP contribution in [0.2, 0.25) is 0 Å². The number of aromatic nitrogens is 2. The summed E-state index contributed by atoms with van der Waals surface area (Å²) in [7, 11) is -4.36. The van der Waals surface area contributed by atoms with E-state index in [1.807, 2.05) is 68.8 Å². The standard InChI is InChI=1S/C43H47FN4O6S/c1-5-15-40-45-37(6-2)41(38(49)24-26-47(34-18-11-8-12-19-34)42(50)31-16-9-7-10-17-31)48(40)29-33-23-22-32(28-36(33)44)35-20-13-14-21-39(35)55(52,53)46-43(51)54-27-25-30(3)4/h7-14,16-23,28,30H,5-6,15,24-27,29H2,1-4H3,(H,46,51). The van der Waals surface area contributed by atoms with Gasteiger partial charge in [0.25, 0.3) is 15.9 Å². The van der Waals surface area contributed by atoms with Gasteiger partial charge in [-0.1, -0.05) is 94.4 Å². The topological polar surface area (TPSA) is 128 Å². The maximum absolute atomic E-state index is 16.1. The predicted octanol–water partition coefficient (Wildman–Crippen LogP) is 8.63. The van der Waals surface area contributed by atoms with Gasteiger partial charge < -0.3 is 14.2 Å². The van der Waals surface area contributed by atoms with Gasteiger partial charge in [0.1, 0.15) is 17.3 Å². The number of halogens is 1. The lowest BCUT2D eigenvalue weighted by atomic mass is 10.0. The Labute approximate surface area is 322 Å². The van der Waals surface area contributed by atoms with Crippen molar-refractivity contribution >= 4 is 33.5 Å². The Morgan fingerprint density at radius 1 is 0.909 bits per heavy atom. The molecule has 5 aromatic rings. The zero-order valence-corrected chi connectivity index (χ0v) is 32.4. The van der Waals surface area contributed by atoms with Gasteiger partial charge in [0.2, 0.25) is 0 Å². The Morgan fingerprint density at radius 2 is 1.58 bits per heavy atom. The van der Waals surface area contributed by atoms with Crippen molar-refractivity contribution in [3.8, 4) is 11.1 Å². The van der Waals surface area contributed by atoms with E-state index in [2.05, 4.69) is 0 Å². The van der Waals surface area contributed by atoms with Crippen molar-refractivity contribution in [2.45, 2.75) is 71.2 Å². The lowest BCUT2D eigenvalue weighted by Crippen LogP contribution is -2.33. The summed E-state index contributed by atoms with van der Waals surface area (Å²) in [5.41, 5.74) is 2.88. The number of aryl methyl sites for hydroxylation is 2. The predicted molar refractivity (Wildman–Crippen MR) is 211 cm³/mol. The molecule has 1 N–H and O–H groups in total. The molecule has 288 valence electrons. The summed E-state index contributed by atoms with van der Waals surface area (Å²) in [6.45, 7) is 8.01. The van der Waals surface area contributed by atoms with E-state index in [-0.39, 0.29) is 65.3 Å². The Balaban J connectivity index is 1.42. The summed E-state index contributed by atoms with van der Waals surface area (Å²) in [5, 5.41) is 0. The molecule has 2 amide bonds. The molecule has 10 nitrogen and oxygen atoms in total. The minimum atomic E-state index is -4.36. The van der Waals surface area contributed by atoms with E-state index in [0.29, 0.717) is 47.7 Å². The number of imidazole rings is 1. The second kappa shape index (κ2) is 18.6. The van der Waals surface area contributed by atoms with Gasteiger partial charge in [-0.2, -0.15) is 0 Å². The van der Waals surface area contributed by atoms with E-state index in [1.54, 1.807) is 51.9 Å². The van der Waals surface area contributed by atoms with Crippen LogP contribution in [-0.4, -0.2) is 48.9 Å². The normalized spacial score (nSPS) is 11.4. The molecule has 0 fully saturated rings. The van der Waals surface area contributed by atoms with Gasteiger partial charge in [-0.15, -0.1) is 0 Å². The highest BCUT2D eigenvalue weighted by Gasteiger charge is 2.26. The van der Waals surface area contributed by atoms with Gasteiger partial charge in [-0.3, -0.25) is 9.59 Å². The van der Waals surface area contributed by atoms with Crippen molar-refractivity contribution in [1.29, 1.82) is 0 Å². The quantitative estimate of drug-likeness (QED) is 0.0939. The third-order valence-corrected chi connectivity index (χ3v) is 10.5. The molecule has 0 atom stereocenters. The first-order chi connectivity index (χ1) is 26.4. The zero-order valence-electron chi connectivity index (χ0n) is 31.6. The van der Waals surface area contributed by atoms with Crippen LogP contribution in [-0.2, 0) is 34.1 Å². The summed E-state index contributed by atoms with van der Waals surface area (Å²) in [6.07, 6.45) is 1.26. The van der Waals surface area contributed by atoms with Crippen molar-refractivity contribution in [3.05, 3.63) is 137 Å². The fourth-order valence-corrected chi connectivity index (χ4v) is 7.38. The van der Waals surface area contributed by atoms with Crippen molar-refractivity contribution in [2.24, 2.45) is 5.92 Å². The van der Waals surface area contributed by atoms with Crippen LogP contribution < -0.4 is 9.62 Å². The first kappa shape index (κ1) is 40.6. The second-order valence-electron chi connectivity index (χ2n) is 13.6. The number of Topliss-reactive ketones (excluding diaryl/α,β-unsaturated/α-hetero) is 1. The minimum Gasteiger partial charge on any atom is -0.449 e. The number of nitrogens with zero attached hydrogens (tertiary/aromatic N) is 3. The highest BCUT2D eigenvalue weighted by molar-refractivity contribution is 7.90. The molecule has 12 heteroatoms. The van der Waals surface area contributed by atoms with Gasteiger partial charge >= 0.3 is 6.09 Å². The maximum Gasteiger partial charge on any atom is 0.421 e. The van der Waals surface area contributed by atoms with Gasteiger partial charge in [-0.25, -0.2) is 27.3 Å². The van der Waals surface area contributed by atoms with E-state index in [9.17, 15) is 22.8 Å². The van der Waals surface area contributed by atoms with Crippen LogP contribution in [0.4, 0.5) is 14.9 Å². The van der Waals surface area contributed by atoms with Crippen molar-refractivity contribution in [3.63, 3.8) is 0 Å². The van der Waals surface area contributed by atoms with Crippen LogP contribution in [0.3, 0.4) is 0 Å². The lowest BCUT2D eigenvalue weighted by Gasteiger charge is -2.23. The van der Waals surface area contributed by atoms with Crippen LogP contribution in [0.25, 0.3) is 11.1 Å². The lowest BCUT2D eigenvalue weighted by molar-refractivity contribution is 0.0961. The van der Waals surface area contributed by atoms with Gasteiger partial charge in [0.15, 0.2) is 5.78 Å². The molecule has 5 rings (SSSR count). The molecule has 0 unspecified atom stereocenters. The van der Waals surface area contributed by atoms with Crippen LogP contribution in [0.5, 0.6) is 0 Å². The van der Waals surface area contributed by atoms with E-state index in [0.717, 1.165) is 6.42 Å². The molecule has 0 aliphatic heterocycles. The number of hydrogen-bond donors (Lipinski definition) is 1. The van der Waals surface area contributed by atoms with Crippen LogP contribution in [0, 0.1) is 11.7 Å². The van der Waals surface area contributed by atoms with E-state index >= 15 is 4.39 Å². The van der Waals surface area contributed by atoms with E-state index in [1.165, 1.54) is 24.3 Å². The number of sulfonamides is 1. The van der Waals surface area contributed by atoms with E-state index in [4.69, 9.17) is 9.72 Å². The number of anilines is 1. The maximum atomic E-state index is 16.1. The van der Waals surface area contributed by atoms with Crippen molar-refractivity contribution in [1.82, 2.24) is 14.3 Å². The number of hydrogen-bond acceptors (Lipinski definition) is 7. The number of benzene rings is 4. The molecule has 4 aromatic carbocycles. The minimum absolute atomic E-state index is 0.00368. The molecule has 1 aromatic heterocycles. The summed E-state index contributed by atoms with van der Waals surface area (Å²) in [4.78, 5) is 46.4. The molecule has 0 aliphatic rings. The Hall–Kier alpha value is -5.62. The van der Waals surface area contributed by atoms with Gasteiger partial charge in [-0.05, 0) is 67.1 Å². The third-order valence-electron chi connectivity index (χ3n) is 9.10. The van der Waals surface area contributed by atoms with Crippen LogP contribution >= 0.6 is 0 Å². The summed E-state index contributed by atoms with van der Waals surface area (Å²) in [6, 6.07) is 28.5. The number of ketones is 1. The molecule has 0 spiro atoms. The monoisotopic (exact) mass is 766 g/mol. The molecule has 1 heterocycles. The molecule has 0 saturated carbocycles. The third kappa shape index (κ3) is 10.1. The van der Waals surface area contributed by atoms with Crippen LogP contribution in [0.1, 0.15) is 84.9 Å². The fraction of sp³-hybridized carbons (Fsp3) is 0.302. The second-order valence-corrected chi connectivity index (χ2v) is 15.2. The van der Waals surface area contributed by atoms with Crippen LogP contribution in [0.15, 0.2) is 108 Å².